The number of hydrogen-bond acceptors (Lipinski definition) is 3. The molecule has 5 nitrogen and oxygen atoms in total. The van der Waals surface area contributed by atoms with Crippen molar-refractivity contribution in [2.75, 3.05) is 20.1 Å². The highest BCUT2D eigenvalue weighted by molar-refractivity contribution is 5.79. The molecule has 5 heteroatoms. The van der Waals surface area contributed by atoms with Gasteiger partial charge in [0.05, 0.1) is 12.3 Å². The van der Waals surface area contributed by atoms with Crippen molar-refractivity contribution in [1.82, 2.24) is 10.2 Å². The number of carbonyl (C=O) groups excluding carboxylic acids is 1. The Hall–Kier alpha value is -1.88. The molecule has 0 saturated carbocycles. The van der Waals surface area contributed by atoms with E-state index >= 15 is 0 Å². The van der Waals surface area contributed by atoms with Gasteiger partial charge in [0.2, 0.25) is 5.91 Å². The van der Waals surface area contributed by atoms with Crippen LogP contribution in [0.5, 0.6) is 0 Å². The fourth-order valence-electron chi connectivity index (χ4n) is 2.54. The number of nitrogens with one attached hydrogen (secondary N) is 1. The summed E-state index contributed by atoms with van der Waals surface area (Å²) in [5.74, 6) is -0.757. The summed E-state index contributed by atoms with van der Waals surface area (Å²) in [7, 11) is 2.01. The summed E-state index contributed by atoms with van der Waals surface area (Å²) < 4.78 is 0. The van der Waals surface area contributed by atoms with Crippen LogP contribution in [0.4, 0.5) is 0 Å². The Morgan fingerprint density at radius 2 is 2.05 bits per heavy atom. The number of likely N-dealkylation sites (tertiary alicyclic amines) is 1. The molecule has 1 atom stereocenters. The maximum Gasteiger partial charge on any atom is 0.307 e. The molecule has 1 aromatic carbocycles. The first kappa shape index (κ1) is 14.5. The van der Waals surface area contributed by atoms with Gasteiger partial charge in [0.25, 0.3) is 0 Å². The number of carboxylic acids is 1. The van der Waals surface area contributed by atoms with Crippen molar-refractivity contribution in [3.63, 3.8) is 0 Å². The zero-order valence-electron chi connectivity index (χ0n) is 11.6. The molecule has 0 aliphatic carbocycles. The molecule has 1 aliphatic rings. The van der Waals surface area contributed by atoms with Crippen LogP contribution in [-0.4, -0.2) is 42.0 Å². The second-order valence-corrected chi connectivity index (χ2v) is 5.30. The lowest BCUT2D eigenvalue weighted by Crippen LogP contribution is -2.32. The van der Waals surface area contributed by atoms with Crippen LogP contribution in [0.15, 0.2) is 24.3 Å². The van der Waals surface area contributed by atoms with Crippen molar-refractivity contribution in [1.29, 1.82) is 0 Å². The molecule has 108 valence electrons. The van der Waals surface area contributed by atoms with E-state index in [1.807, 2.05) is 25.2 Å². The Labute approximate surface area is 118 Å². The van der Waals surface area contributed by atoms with E-state index in [1.165, 1.54) is 0 Å². The Bertz CT molecular complexity index is 502. The van der Waals surface area contributed by atoms with Crippen molar-refractivity contribution >= 4 is 11.9 Å². The van der Waals surface area contributed by atoms with Crippen molar-refractivity contribution < 1.29 is 14.7 Å². The molecule has 0 aromatic heterocycles. The molecule has 1 aromatic rings. The van der Waals surface area contributed by atoms with Gasteiger partial charge in [-0.2, -0.15) is 0 Å². The lowest BCUT2D eigenvalue weighted by molar-refractivity contribution is -0.136. The lowest BCUT2D eigenvalue weighted by Gasteiger charge is -2.13. The Kier molecular flexibility index (Phi) is 4.74. The summed E-state index contributed by atoms with van der Waals surface area (Å²) in [6, 6.07) is 7.32. The second kappa shape index (κ2) is 6.52. The van der Waals surface area contributed by atoms with Gasteiger partial charge >= 0.3 is 5.97 Å². The van der Waals surface area contributed by atoms with E-state index in [2.05, 4.69) is 10.2 Å². The number of nitrogens with zero attached hydrogens (tertiary/aromatic N) is 1. The van der Waals surface area contributed by atoms with Gasteiger partial charge in [-0.15, -0.1) is 0 Å². The normalized spacial score (nSPS) is 18.9. The topological polar surface area (TPSA) is 69.6 Å². The summed E-state index contributed by atoms with van der Waals surface area (Å²) in [5, 5.41) is 11.8. The number of benzene rings is 1. The van der Waals surface area contributed by atoms with Crippen LogP contribution in [-0.2, 0) is 22.6 Å². The van der Waals surface area contributed by atoms with Gasteiger partial charge < -0.3 is 15.3 Å². The molecule has 0 bridgehead atoms. The predicted molar refractivity (Wildman–Crippen MR) is 75.2 cm³/mol. The molecule has 1 unspecified atom stereocenters. The van der Waals surface area contributed by atoms with Crippen molar-refractivity contribution in [3.05, 3.63) is 35.4 Å². The average molecular weight is 276 g/mol. The molecule has 2 rings (SSSR count). The lowest BCUT2D eigenvalue weighted by atomic mass is 10.0. The Morgan fingerprint density at radius 1 is 1.35 bits per heavy atom. The first-order chi connectivity index (χ1) is 9.56. The van der Waals surface area contributed by atoms with Gasteiger partial charge in [0, 0.05) is 13.1 Å². The van der Waals surface area contributed by atoms with Crippen molar-refractivity contribution in [3.8, 4) is 0 Å². The van der Waals surface area contributed by atoms with Gasteiger partial charge in [-0.1, -0.05) is 24.3 Å². The van der Waals surface area contributed by atoms with Crippen LogP contribution >= 0.6 is 0 Å². The van der Waals surface area contributed by atoms with Crippen LogP contribution < -0.4 is 5.32 Å². The number of aliphatic carboxylic acids is 1. The zero-order chi connectivity index (χ0) is 14.5. The Balaban J connectivity index is 1.93. The molecule has 1 saturated heterocycles. The van der Waals surface area contributed by atoms with Gasteiger partial charge in [-0.25, -0.2) is 0 Å². The van der Waals surface area contributed by atoms with E-state index < -0.39 is 5.97 Å². The molecule has 0 spiro atoms. The molecule has 2 N–H and O–H groups in total. The minimum Gasteiger partial charge on any atom is -0.481 e. The maximum atomic E-state index is 12.0. The fraction of sp³-hybridized carbons (Fsp3) is 0.467. The minimum atomic E-state index is -0.860. The van der Waals surface area contributed by atoms with Crippen LogP contribution in [0.2, 0.25) is 0 Å². The molecular weight excluding hydrogens is 256 g/mol. The van der Waals surface area contributed by atoms with E-state index in [4.69, 9.17) is 5.11 Å². The molecule has 1 fully saturated rings. The third kappa shape index (κ3) is 3.81. The number of carbonyl (C=O) groups is 2. The quantitative estimate of drug-likeness (QED) is 0.837. The summed E-state index contributed by atoms with van der Waals surface area (Å²) in [4.78, 5) is 25.0. The first-order valence-electron chi connectivity index (χ1n) is 6.81. The van der Waals surface area contributed by atoms with Crippen LogP contribution in [0.3, 0.4) is 0 Å². The molecule has 20 heavy (non-hydrogen) atoms. The fourth-order valence-corrected chi connectivity index (χ4v) is 2.54. The maximum absolute atomic E-state index is 12.0. The van der Waals surface area contributed by atoms with Crippen LogP contribution in [0, 0.1) is 5.92 Å². The van der Waals surface area contributed by atoms with Gasteiger partial charge in [-0.05, 0) is 31.1 Å². The molecule has 1 aliphatic heterocycles. The SMILES string of the molecule is CN1CCC(C(=O)NCc2ccccc2CC(=O)O)C1. The number of hydrogen-bond donors (Lipinski definition) is 2. The highest BCUT2D eigenvalue weighted by Crippen LogP contribution is 2.15. The van der Waals surface area contributed by atoms with Gasteiger partial charge in [-0.3, -0.25) is 9.59 Å². The van der Waals surface area contributed by atoms with E-state index in [-0.39, 0.29) is 18.2 Å². The second-order valence-electron chi connectivity index (χ2n) is 5.30. The highest BCUT2D eigenvalue weighted by Gasteiger charge is 2.25. The predicted octanol–water partition coefficient (Wildman–Crippen LogP) is 0.882. The third-order valence-corrected chi connectivity index (χ3v) is 3.68. The number of carboxylic acid groups (broad SMARTS) is 1. The number of rotatable bonds is 5. The smallest absolute Gasteiger partial charge is 0.307 e. The monoisotopic (exact) mass is 276 g/mol. The number of amides is 1. The summed E-state index contributed by atoms with van der Waals surface area (Å²) in [6.45, 7) is 2.14. The summed E-state index contributed by atoms with van der Waals surface area (Å²) in [6.07, 6.45) is 0.872. The summed E-state index contributed by atoms with van der Waals surface area (Å²) in [5.41, 5.74) is 1.62. The van der Waals surface area contributed by atoms with Crippen LogP contribution in [0.25, 0.3) is 0 Å². The van der Waals surface area contributed by atoms with Crippen molar-refractivity contribution in [2.45, 2.75) is 19.4 Å². The van der Waals surface area contributed by atoms with Crippen LogP contribution in [0.1, 0.15) is 17.5 Å². The Morgan fingerprint density at radius 3 is 2.65 bits per heavy atom. The highest BCUT2D eigenvalue weighted by atomic mass is 16.4. The molecule has 1 heterocycles. The molecule has 0 radical (unpaired) electrons. The minimum absolute atomic E-state index is 0.0157. The average Bonchev–Trinajstić information content (AvgIpc) is 2.83. The standard InChI is InChI=1S/C15H20N2O3/c1-17-7-6-13(10-17)15(20)16-9-12-5-3-2-4-11(12)8-14(18)19/h2-5,13H,6-10H2,1H3,(H,16,20)(H,18,19). The molecular formula is C15H20N2O3. The largest absolute Gasteiger partial charge is 0.481 e. The van der Waals surface area contributed by atoms with Gasteiger partial charge in [0.15, 0.2) is 0 Å². The van der Waals surface area contributed by atoms with E-state index in [9.17, 15) is 9.59 Å². The first-order valence-corrected chi connectivity index (χ1v) is 6.81. The van der Waals surface area contributed by atoms with E-state index in [1.54, 1.807) is 6.07 Å². The zero-order valence-corrected chi connectivity index (χ0v) is 11.6. The van der Waals surface area contributed by atoms with Gasteiger partial charge in [0.1, 0.15) is 0 Å². The third-order valence-electron chi connectivity index (χ3n) is 3.68. The van der Waals surface area contributed by atoms with E-state index in [0.717, 1.165) is 30.6 Å². The van der Waals surface area contributed by atoms with E-state index in [0.29, 0.717) is 6.54 Å². The summed E-state index contributed by atoms with van der Waals surface area (Å²) >= 11 is 0. The molecule has 1 amide bonds. The van der Waals surface area contributed by atoms with Crippen molar-refractivity contribution in [2.24, 2.45) is 5.92 Å².